The minimum atomic E-state index is -0.368. The molecule has 3 aromatic carbocycles. The van der Waals surface area contributed by atoms with Crippen molar-refractivity contribution < 1.29 is 13.5 Å². The van der Waals surface area contributed by atoms with Crippen LogP contribution in [0.4, 0.5) is 8.78 Å². The van der Waals surface area contributed by atoms with Gasteiger partial charge in [0.25, 0.3) is 0 Å². The van der Waals surface area contributed by atoms with Gasteiger partial charge in [-0.2, -0.15) is 0 Å². The summed E-state index contributed by atoms with van der Waals surface area (Å²) >= 11 is 0. The highest BCUT2D eigenvalue weighted by Crippen LogP contribution is 2.26. The lowest BCUT2D eigenvalue weighted by atomic mass is 10.0. The summed E-state index contributed by atoms with van der Waals surface area (Å²) in [4.78, 5) is 0. The Kier molecular flexibility index (Phi) is 7.29. The zero-order valence-corrected chi connectivity index (χ0v) is 15.9. The van der Waals surface area contributed by atoms with Gasteiger partial charge in [0.2, 0.25) is 0 Å². The molecule has 1 unspecified atom stereocenters. The Labute approximate surface area is 165 Å². The monoisotopic (exact) mass is 381 g/mol. The third-order valence-corrected chi connectivity index (χ3v) is 4.61. The minimum Gasteiger partial charge on any atom is -0.367 e. The Bertz CT molecular complexity index is 789. The van der Waals surface area contributed by atoms with Gasteiger partial charge in [0.15, 0.2) is 0 Å². The molecular weight excluding hydrogens is 356 g/mol. The van der Waals surface area contributed by atoms with Crippen molar-refractivity contribution in [2.24, 2.45) is 0 Å². The van der Waals surface area contributed by atoms with Crippen LogP contribution in [0.1, 0.15) is 29.7 Å². The summed E-state index contributed by atoms with van der Waals surface area (Å²) in [6.45, 7) is 3.32. The second-order valence-corrected chi connectivity index (χ2v) is 6.90. The van der Waals surface area contributed by atoms with E-state index in [0.717, 1.165) is 17.5 Å². The van der Waals surface area contributed by atoms with Gasteiger partial charge in [0.1, 0.15) is 17.7 Å². The third kappa shape index (κ3) is 5.98. The fourth-order valence-corrected chi connectivity index (χ4v) is 3.18. The van der Waals surface area contributed by atoms with Crippen LogP contribution in [0, 0.1) is 11.6 Å². The first kappa shape index (κ1) is 20.2. The van der Waals surface area contributed by atoms with E-state index in [1.54, 1.807) is 24.3 Å². The van der Waals surface area contributed by atoms with E-state index < -0.39 is 0 Å². The molecule has 0 heterocycles. The van der Waals surface area contributed by atoms with Gasteiger partial charge in [0.05, 0.1) is 6.61 Å². The normalized spacial score (nSPS) is 12.3. The molecule has 0 fully saturated rings. The Balaban J connectivity index is 1.57. The van der Waals surface area contributed by atoms with Crippen LogP contribution in [0.15, 0.2) is 78.9 Å². The summed E-state index contributed by atoms with van der Waals surface area (Å²) < 4.78 is 32.6. The molecule has 0 saturated heterocycles. The smallest absolute Gasteiger partial charge is 0.123 e. The number of hydrogen-bond donors (Lipinski definition) is 1. The average molecular weight is 381 g/mol. The SMILES string of the molecule is CC(Cc1ccccc1)NCCOC(c1ccc(F)cc1)c1ccc(F)cc1. The van der Waals surface area contributed by atoms with Crippen molar-refractivity contribution in [1.29, 1.82) is 0 Å². The number of nitrogens with one attached hydrogen (secondary N) is 1. The molecule has 0 aliphatic heterocycles. The zero-order chi connectivity index (χ0) is 19.8. The van der Waals surface area contributed by atoms with E-state index in [1.165, 1.54) is 29.8 Å². The number of halogens is 2. The zero-order valence-electron chi connectivity index (χ0n) is 15.9. The van der Waals surface area contributed by atoms with Gasteiger partial charge >= 0.3 is 0 Å². The Morgan fingerprint density at radius 3 is 1.86 bits per heavy atom. The first-order chi connectivity index (χ1) is 13.6. The first-order valence-corrected chi connectivity index (χ1v) is 9.51. The topological polar surface area (TPSA) is 21.3 Å². The fraction of sp³-hybridized carbons (Fsp3) is 0.250. The number of ether oxygens (including phenoxy) is 1. The maximum Gasteiger partial charge on any atom is 0.123 e. The Morgan fingerprint density at radius 2 is 1.32 bits per heavy atom. The van der Waals surface area contributed by atoms with Gasteiger partial charge in [-0.05, 0) is 54.3 Å². The van der Waals surface area contributed by atoms with Crippen LogP contribution in [-0.4, -0.2) is 19.2 Å². The number of rotatable bonds is 9. The lowest BCUT2D eigenvalue weighted by Gasteiger charge is -2.20. The first-order valence-electron chi connectivity index (χ1n) is 9.51. The Hall–Kier alpha value is -2.56. The largest absolute Gasteiger partial charge is 0.367 e. The van der Waals surface area contributed by atoms with Crippen LogP contribution in [0.25, 0.3) is 0 Å². The minimum absolute atomic E-state index is 0.294. The van der Waals surface area contributed by atoms with E-state index in [1.807, 2.05) is 18.2 Å². The molecule has 3 rings (SSSR count). The molecule has 0 spiro atoms. The van der Waals surface area contributed by atoms with E-state index in [4.69, 9.17) is 4.74 Å². The van der Waals surface area contributed by atoms with E-state index in [-0.39, 0.29) is 17.7 Å². The van der Waals surface area contributed by atoms with E-state index >= 15 is 0 Å². The molecule has 0 radical (unpaired) electrons. The van der Waals surface area contributed by atoms with Crippen molar-refractivity contribution in [2.45, 2.75) is 25.5 Å². The molecule has 2 nitrogen and oxygen atoms in total. The predicted octanol–water partition coefficient (Wildman–Crippen LogP) is 5.29. The number of hydrogen-bond acceptors (Lipinski definition) is 2. The van der Waals surface area contributed by atoms with Crippen molar-refractivity contribution in [3.05, 3.63) is 107 Å². The van der Waals surface area contributed by atoms with E-state index in [0.29, 0.717) is 19.2 Å². The second kappa shape index (κ2) is 10.1. The van der Waals surface area contributed by atoms with Gasteiger partial charge in [-0.15, -0.1) is 0 Å². The van der Waals surface area contributed by atoms with Gasteiger partial charge < -0.3 is 10.1 Å². The van der Waals surface area contributed by atoms with Crippen molar-refractivity contribution in [3.8, 4) is 0 Å². The summed E-state index contributed by atoms with van der Waals surface area (Å²) in [5, 5.41) is 3.46. The summed E-state index contributed by atoms with van der Waals surface area (Å²) in [5.74, 6) is -0.587. The molecule has 0 aliphatic carbocycles. The summed E-state index contributed by atoms with van der Waals surface area (Å²) in [6, 6.07) is 23.1. The molecule has 1 N–H and O–H groups in total. The van der Waals surface area contributed by atoms with Gasteiger partial charge in [-0.1, -0.05) is 54.6 Å². The van der Waals surface area contributed by atoms with E-state index in [2.05, 4.69) is 24.4 Å². The van der Waals surface area contributed by atoms with Gasteiger partial charge in [-0.3, -0.25) is 0 Å². The number of benzene rings is 3. The molecule has 1 atom stereocenters. The summed E-state index contributed by atoms with van der Waals surface area (Å²) in [6.07, 6.45) is 0.577. The molecule has 0 aliphatic rings. The van der Waals surface area contributed by atoms with Crippen LogP contribution in [0.3, 0.4) is 0 Å². The molecule has 28 heavy (non-hydrogen) atoms. The van der Waals surface area contributed by atoms with Gasteiger partial charge in [0, 0.05) is 12.6 Å². The molecule has 0 amide bonds. The quantitative estimate of drug-likeness (QED) is 0.509. The van der Waals surface area contributed by atoms with Crippen molar-refractivity contribution >= 4 is 0 Å². The van der Waals surface area contributed by atoms with Crippen molar-refractivity contribution in [3.63, 3.8) is 0 Å². The lowest BCUT2D eigenvalue weighted by Crippen LogP contribution is -2.31. The maximum absolute atomic E-state index is 13.3. The Morgan fingerprint density at radius 1 is 0.786 bits per heavy atom. The lowest BCUT2D eigenvalue weighted by molar-refractivity contribution is 0.0807. The maximum atomic E-state index is 13.3. The third-order valence-electron chi connectivity index (χ3n) is 4.61. The molecular formula is C24H25F2NO. The van der Waals surface area contributed by atoms with Gasteiger partial charge in [-0.25, -0.2) is 8.78 Å². The predicted molar refractivity (Wildman–Crippen MR) is 108 cm³/mol. The van der Waals surface area contributed by atoms with Crippen LogP contribution < -0.4 is 5.32 Å². The van der Waals surface area contributed by atoms with Crippen LogP contribution in [-0.2, 0) is 11.2 Å². The second-order valence-electron chi connectivity index (χ2n) is 6.90. The summed E-state index contributed by atoms with van der Waals surface area (Å²) in [7, 11) is 0. The molecule has 3 aromatic rings. The van der Waals surface area contributed by atoms with E-state index in [9.17, 15) is 8.78 Å². The highest BCUT2D eigenvalue weighted by atomic mass is 19.1. The van der Waals surface area contributed by atoms with Crippen molar-refractivity contribution in [1.82, 2.24) is 5.32 Å². The highest BCUT2D eigenvalue weighted by molar-refractivity contribution is 5.30. The summed E-state index contributed by atoms with van der Waals surface area (Å²) in [5.41, 5.74) is 2.97. The molecule has 146 valence electrons. The van der Waals surface area contributed by atoms with Crippen LogP contribution >= 0.6 is 0 Å². The molecule has 0 aromatic heterocycles. The van der Waals surface area contributed by atoms with Crippen LogP contribution in [0.5, 0.6) is 0 Å². The highest BCUT2D eigenvalue weighted by Gasteiger charge is 2.15. The average Bonchev–Trinajstić information content (AvgIpc) is 2.71. The van der Waals surface area contributed by atoms with Crippen molar-refractivity contribution in [2.75, 3.05) is 13.2 Å². The fourth-order valence-electron chi connectivity index (χ4n) is 3.18. The standard InChI is InChI=1S/C24H25F2NO/c1-18(17-19-5-3-2-4-6-19)27-15-16-28-24(20-7-11-22(25)12-8-20)21-9-13-23(26)14-10-21/h2-14,18,24,27H,15-17H2,1H3. The molecule has 0 saturated carbocycles. The molecule has 0 bridgehead atoms. The molecule has 4 heteroatoms. The van der Waals surface area contributed by atoms with Crippen LogP contribution in [0.2, 0.25) is 0 Å².